The number of likely N-dealkylation sites (tertiary alicyclic amines) is 1. The van der Waals surface area contributed by atoms with Gasteiger partial charge in [0.15, 0.2) is 0 Å². The third kappa shape index (κ3) is 5.84. The Balaban J connectivity index is 1.44. The number of hydrogen-bond donors (Lipinski definition) is 0. The zero-order chi connectivity index (χ0) is 21.0. The lowest BCUT2D eigenvalue weighted by Gasteiger charge is -2.32. The Morgan fingerprint density at radius 2 is 1.90 bits per heavy atom. The first-order chi connectivity index (χ1) is 13.7. The molecule has 29 heavy (non-hydrogen) atoms. The van der Waals surface area contributed by atoms with Gasteiger partial charge in [0, 0.05) is 25.3 Å². The molecule has 1 aromatic carbocycles. The van der Waals surface area contributed by atoms with Crippen molar-refractivity contribution in [2.24, 2.45) is 0 Å². The minimum atomic E-state index is -0.626. The minimum Gasteiger partial charge on any atom is -0.443 e. The first kappa shape index (κ1) is 20.9. The van der Waals surface area contributed by atoms with Crippen molar-refractivity contribution in [3.8, 4) is 6.07 Å². The molecule has 0 aromatic heterocycles. The molecular weight excluding hydrogens is 374 g/mol. The van der Waals surface area contributed by atoms with Crippen molar-refractivity contribution in [2.75, 3.05) is 31.1 Å². The SMILES string of the molecule is CC(C)(C)OC(=O)OC1CCN(CC2CN(c3ccc(C#N)cc3)C(=O)O2)CC1. The summed E-state index contributed by atoms with van der Waals surface area (Å²) in [5.41, 5.74) is 0.709. The third-order valence-corrected chi connectivity index (χ3v) is 4.83. The van der Waals surface area contributed by atoms with Crippen LogP contribution in [-0.4, -0.2) is 61.1 Å². The average Bonchev–Trinajstić information content (AvgIpc) is 3.02. The van der Waals surface area contributed by atoms with Crippen molar-refractivity contribution in [1.82, 2.24) is 4.90 Å². The van der Waals surface area contributed by atoms with Gasteiger partial charge in [-0.15, -0.1) is 0 Å². The van der Waals surface area contributed by atoms with Crippen LogP contribution in [0.5, 0.6) is 0 Å². The van der Waals surface area contributed by atoms with Crippen molar-refractivity contribution in [2.45, 2.75) is 51.4 Å². The fourth-order valence-electron chi connectivity index (χ4n) is 3.45. The van der Waals surface area contributed by atoms with Gasteiger partial charge < -0.3 is 14.2 Å². The van der Waals surface area contributed by atoms with E-state index in [0.717, 1.165) is 31.6 Å². The molecule has 1 atom stereocenters. The molecule has 0 radical (unpaired) electrons. The average molecular weight is 401 g/mol. The summed E-state index contributed by atoms with van der Waals surface area (Å²) in [6, 6.07) is 8.94. The zero-order valence-corrected chi connectivity index (χ0v) is 17.1. The molecular formula is C21H27N3O5. The van der Waals surface area contributed by atoms with Crippen molar-refractivity contribution in [3.05, 3.63) is 29.8 Å². The molecule has 0 N–H and O–H groups in total. The van der Waals surface area contributed by atoms with Crippen molar-refractivity contribution in [1.29, 1.82) is 5.26 Å². The van der Waals surface area contributed by atoms with Crippen LogP contribution in [-0.2, 0) is 14.2 Å². The predicted molar refractivity (Wildman–Crippen MR) is 106 cm³/mol. The van der Waals surface area contributed by atoms with Gasteiger partial charge in [-0.1, -0.05) is 0 Å². The van der Waals surface area contributed by atoms with E-state index in [4.69, 9.17) is 19.5 Å². The van der Waals surface area contributed by atoms with E-state index in [1.165, 1.54) is 0 Å². The lowest BCUT2D eigenvalue weighted by atomic mass is 10.1. The Morgan fingerprint density at radius 1 is 1.24 bits per heavy atom. The van der Waals surface area contributed by atoms with Crippen molar-refractivity contribution >= 4 is 17.9 Å². The Kier molecular flexibility index (Phi) is 6.28. The molecule has 2 aliphatic rings. The van der Waals surface area contributed by atoms with E-state index in [-0.39, 0.29) is 18.3 Å². The van der Waals surface area contributed by atoms with Crippen LogP contribution in [0.2, 0.25) is 0 Å². The molecule has 0 spiro atoms. The zero-order valence-electron chi connectivity index (χ0n) is 17.1. The summed E-state index contributed by atoms with van der Waals surface area (Å²) in [7, 11) is 0. The standard InChI is InChI=1S/C21H27N3O5/c1-21(2,3)29-20(26)28-17-8-10-23(11-9-17)13-18-14-24(19(25)27-18)16-6-4-15(12-22)5-7-16/h4-7,17-18H,8-11,13-14H2,1-3H3. The Morgan fingerprint density at radius 3 is 2.48 bits per heavy atom. The molecule has 2 fully saturated rings. The van der Waals surface area contributed by atoms with Crippen LogP contribution in [0.25, 0.3) is 0 Å². The molecule has 156 valence electrons. The first-order valence-corrected chi connectivity index (χ1v) is 9.84. The summed E-state index contributed by atoms with van der Waals surface area (Å²) in [5.74, 6) is 0. The normalized spacial score (nSPS) is 20.8. The number of hydrogen-bond acceptors (Lipinski definition) is 7. The van der Waals surface area contributed by atoms with Gasteiger partial charge in [-0.25, -0.2) is 9.59 Å². The van der Waals surface area contributed by atoms with E-state index in [2.05, 4.69) is 11.0 Å². The highest BCUT2D eigenvalue weighted by molar-refractivity contribution is 5.89. The molecule has 2 aliphatic heterocycles. The summed E-state index contributed by atoms with van der Waals surface area (Å²) in [5, 5.41) is 8.89. The number of cyclic esters (lactones) is 1. The number of benzene rings is 1. The van der Waals surface area contributed by atoms with E-state index in [0.29, 0.717) is 18.7 Å². The largest absolute Gasteiger partial charge is 0.509 e. The second-order valence-electron chi connectivity index (χ2n) is 8.36. The second-order valence-corrected chi connectivity index (χ2v) is 8.36. The highest BCUT2D eigenvalue weighted by Gasteiger charge is 2.34. The van der Waals surface area contributed by atoms with Gasteiger partial charge in [0.05, 0.1) is 18.2 Å². The van der Waals surface area contributed by atoms with Crippen molar-refractivity contribution < 1.29 is 23.8 Å². The number of piperidine rings is 1. The maximum absolute atomic E-state index is 12.2. The molecule has 2 heterocycles. The Labute approximate surface area is 170 Å². The van der Waals surface area contributed by atoms with E-state index in [1.807, 2.05) is 0 Å². The van der Waals surface area contributed by atoms with Gasteiger partial charge in [0.1, 0.15) is 17.8 Å². The number of carbonyl (C=O) groups is 2. The van der Waals surface area contributed by atoms with E-state index in [1.54, 1.807) is 49.9 Å². The quantitative estimate of drug-likeness (QED) is 0.715. The molecule has 0 saturated carbocycles. The smallest absolute Gasteiger partial charge is 0.443 e. The number of nitriles is 1. The fourth-order valence-corrected chi connectivity index (χ4v) is 3.45. The van der Waals surface area contributed by atoms with Crippen LogP contribution in [0, 0.1) is 11.3 Å². The van der Waals surface area contributed by atoms with Crippen LogP contribution in [0.15, 0.2) is 24.3 Å². The molecule has 3 rings (SSSR count). The number of anilines is 1. The van der Waals surface area contributed by atoms with Crippen LogP contribution in [0.3, 0.4) is 0 Å². The summed E-state index contributed by atoms with van der Waals surface area (Å²) in [6.45, 7) is 8.05. The molecule has 8 nitrogen and oxygen atoms in total. The molecule has 0 aliphatic carbocycles. The Bertz CT molecular complexity index is 773. The van der Waals surface area contributed by atoms with Crippen LogP contribution in [0.1, 0.15) is 39.2 Å². The predicted octanol–water partition coefficient (Wildman–Crippen LogP) is 3.30. The second kappa shape index (κ2) is 8.70. The number of nitrogens with zero attached hydrogens (tertiary/aromatic N) is 3. The van der Waals surface area contributed by atoms with Gasteiger partial charge in [-0.2, -0.15) is 5.26 Å². The highest BCUT2D eigenvalue weighted by Crippen LogP contribution is 2.24. The summed E-state index contributed by atoms with van der Waals surface area (Å²) in [4.78, 5) is 27.8. The van der Waals surface area contributed by atoms with Crippen LogP contribution < -0.4 is 4.90 Å². The maximum Gasteiger partial charge on any atom is 0.509 e. The number of carbonyl (C=O) groups excluding carboxylic acids is 2. The topological polar surface area (TPSA) is 92.1 Å². The number of amides is 1. The van der Waals surface area contributed by atoms with Crippen LogP contribution in [0.4, 0.5) is 15.3 Å². The minimum absolute atomic E-state index is 0.151. The summed E-state index contributed by atoms with van der Waals surface area (Å²) < 4.78 is 16.1. The van der Waals surface area contributed by atoms with Gasteiger partial charge in [0.25, 0.3) is 0 Å². The van der Waals surface area contributed by atoms with Gasteiger partial charge in [-0.3, -0.25) is 9.80 Å². The molecule has 8 heteroatoms. The van der Waals surface area contributed by atoms with E-state index < -0.39 is 11.8 Å². The van der Waals surface area contributed by atoms with Gasteiger partial charge in [-0.05, 0) is 57.9 Å². The monoisotopic (exact) mass is 401 g/mol. The maximum atomic E-state index is 12.2. The summed E-state index contributed by atoms with van der Waals surface area (Å²) in [6.07, 6.45) is 0.0730. The van der Waals surface area contributed by atoms with Gasteiger partial charge in [0.2, 0.25) is 0 Å². The summed E-state index contributed by atoms with van der Waals surface area (Å²) >= 11 is 0. The van der Waals surface area contributed by atoms with E-state index in [9.17, 15) is 9.59 Å². The van der Waals surface area contributed by atoms with Crippen LogP contribution >= 0.6 is 0 Å². The number of ether oxygens (including phenoxy) is 3. The molecule has 1 aromatic rings. The first-order valence-electron chi connectivity index (χ1n) is 9.84. The lowest BCUT2D eigenvalue weighted by molar-refractivity contribution is -0.0410. The highest BCUT2D eigenvalue weighted by atomic mass is 16.7. The lowest BCUT2D eigenvalue weighted by Crippen LogP contribution is -2.42. The third-order valence-electron chi connectivity index (χ3n) is 4.83. The molecule has 0 bridgehead atoms. The van der Waals surface area contributed by atoms with E-state index >= 15 is 0 Å². The van der Waals surface area contributed by atoms with Crippen molar-refractivity contribution in [3.63, 3.8) is 0 Å². The fraction of sp³-hybridized carbons (Fsp3) is 0.571. The molecule has 2 saturated heterocycles. The molecule has 1 amide bonds. The Hall–Kier alpha value is -2.79. The van der Waals surface area contributed by atoms with Gasteiger partial charge >= 0.3 is 12.2 Å². The molecule has 1 unspecified atom stereocenters. The number of rotatable bonds is 4.